The second-order valence-electron chi connectivity index (χ2n) is 25.9. The second kappa shape index (κ2) is 75.9. The molecule has 0 heterocycles. The van der Waals surface area contributed by atoms with Gasteiger partial charge in [-0.25, -0.2) is 9.13 Å². The second-order valence-corrected chi connectivity index (χ2v) is 28.8. The highest BCUT2D eigenvalue weighted by molar-refractivity contribution is 7.47. The highest BCUT2D eigenvalue weighted by Gasteiger charge is 2.30. The zero-order valence-electron chi connectivity index (χ0n) is 64.6. The predicted molar refractivity (Wildman–Crippen MR) is 427 cm³/mol. The van der Waals surface area contributed by atoms with Crippen LogP contribution in [0.4, 0.5) is 0 Å². The molecule has 592 valence electrons. The molecule has 0 aliphatic rings. The van der Waals surface area contributed by atoms with Crippen molar-refractivity contribution in [1.82, 2.24) is 0 Å². The zero-order chi connectivity index (χ0) is 76.0. The van der Waals surface area contributed by atoms with Crippen molar-refractivity contribution in [2.45, 2.75) is 316 Å². The summed E-state index contributed by atoms with van der Waals surface area (Å²) in [5.41, 5.74) is 0. The summed E-state index contributed by atoms with van der Waals surface area (Å²) in [5, 5.41) is 10.6. The van der Waals surface area contributed by atoms with Gasteiger partial charge in [-0.05, 0) is 135 Å². The fraction of sp³-hybridized carbons (Fsp3) is 0.647. The number of phosphoric acid groups is 2. The fourth-order valence-corrected chi connectivity index (χ4v) is 11.7. The Bertz CT molecular complexity index is 2590. The summed E-state index contributed by atoms with van der Waals surface area (Å²) in [6, 6.07) is 0. The number of unbranched alkanes of at least 4 members (excludes halogenated alkanes) is 21. The van der Waals surface area contributed by atoms with E-state index in [9.17, 15) is 43.2 Å². The number of phosphoric ester groups is 2. The van der Waals surface area contributed by atoms with Gasteiger partial charge in [0, 0.05) is 25.7 Å². The highest BCUT2D eigenvalue weighted by Crippen LogP contribution is 2.45. The van der Waals surface area contributed by atoms with Crippen LogP contribution in [-0.2, 0) is 65.4 Å². The monoisotopic (exact) mass is 1490 g/mol. The van der Waals surface area contributed by atoms with Crippen LogP contribution >= 0.6 is 15.6 Å². The number of hydrogen-bond acceptors (Lipinski definition) is 15. The molecule has 0 aromatic carbocycles. The maximum atomic E-state index is 13.1. The predicted octanol–water partition coefficient (Wildman–Crippen LogP) is 23.2. The molecular weight excluding hydrogens is 1350 g/mol. The number of aliphatic hydroxyl groups is 1. The van der Waals surface area contributed by atoms with E-state index in [1.807, 2.05) is 18.2 Å². The Kier molecular flexibility index (Phi) is 72.0. The third-order valence-electron chi connectivity index (χ3n) is 16.0. The summed E-state index contributed by atoms with van der Waals surface area (Å²) in [7, 11) is -10.00. The Morgan fingerprint density at radius 1 is 0.279 bits per heavy atom. The molecule has 0 aromatic heterocycles. The van der Waals surface area contributed by atoms with Crippen molar-refractivity contribution in [3.8, 4) is 0 Å². The van der Waals surface area contributed by atoms with E-state index in [0.717, 1.165) is 154 Å². The minimum absolute atomic E-state index is 0.0219. The third-order valence-corrected chi connectivity index (χ3v) is 17.9. The number of allylic oxidation sites excluding steroid dienone is 26. The maximum Gasteiger partial charge on any atom is 0.472 e. The fourth-order valence-electron chi connectivity index (χ4n) is 10.1. The average Bonchev–Trinajstić information content (AvgIpc) is 0.911. The largest absolute Gasteiger partial charge is 0.472 e. The van der Waals surface area contributed by atoms with Gasteiger partial charge in [0.15, 0.2) is 12.2 Å². The standard InChI is InChI=1S/C85H140O17P2/c1-5-9-13-17-21-25-29-33-36-38-39-41-44-47-50-54-58-62-66-70-83(88)96-76-81(102-85(90)72-68-64-60-56-52-48-42-35-31-27-23-19-15-11-7-3)78-100-104(93,94)98-74-79(86)73-97-103(91,92)99-77-80(101-84(89)71-67-63-59-55-51-45-32-28-24-20-16-12-8-4)75-95-82(87)69-65-61-57-53-49-46-43-40-37-34-30-26-22-18-14-10-6-2/h9-11,13-15,21-23,25-27,33-37,39,41-42,47,50,52,56,58,62,79-81,86H,5-8,12,16-20,24,28-32,38,40,43-46,48-49,51,53-55,57,59-61,63-78H2,1-4H3,(H,91,92)(H,93,94)/b13-9-,14-10-,15-11-,25-21-,26-22-,27-23-,36-33-,37-34-,41-39-,42-35-,50-47-,56-52-,62-58-. The molecule has 19 heteroatoms. The van der Waals surface area contributed by atoms with Gasteiger partial charge in [0.2, 0.25) is 0 Å². The van der Waals surface area contributed by atoms with Crippen molar-refractivity contribution in [1.29, 1.82) is 0 Å². The SMILES string of the molecule is CC/C=C\C/C=C\C/C=C\C/C=C\C/C=C\C/C=C\CCC(=O)OCC(COP(=O)(O)OCC(O)COP(=O)(O)OCC(COC(=O)CCCCCCCCC/C=C\C/C=C\C/C=C\CC)OC(=O)CCCCCCCCCCCCCCC)OC(=O)CCCC/C=C\C/C=C\C/C=C\C/C=C\CC. The molecule has 0 aliphatic heterocycles. The number of esters is 4. The van der Waals surface area contributed by atoms with Crippen molar-refractivity contribution < 1.29 is 80.2 Å². The van der Waals surface area contributed by atoms with Gasteiger partial charge in [-0.2, -0.15) is 0 Å². The first-order valence-corrected chi connectivity index (χ1v) is 42.7. The molecular formula is C85H140O17P2. The van der Waals surface area contributed by atoms with Crippen LogP contribution in [0.25, 0.3) is 0 Å². The van der Waals surface area contributed by atoms with Gasteiger partial charge in [-0.3, -0.25) is 37.3 Å². The Morgan fingerprint density at radius 2 is 0.519 bits per heavy atom. The molecule has 3 N–H and O–H groups in total. The van der Waals surface area contributed by atoms with Crippen LogP contribution in [0, 0.1) is 0 Å². The zero-order valence-corrected chi connectivity index (χ0v) is 66.4. The first-order chi connectivity index (χ1) is 50.7. The van der Waals surface area contributed by atoms with E-state index in [-0.39, 0.29) is 25.7 Å². The molecule has 0 fully saturated rings. The normalized spacial score (nSPS) is 14.7. The first kappa shape index (κ1) is 98.7. The van der Waals surface area contributed by atoms with Crippen molar-refractivity contribution in [3.63, 3.8) is 0 Å². The topological polar surface area (TPSA) is 237 Å². The quantitative estimate of drug-likeness (QED) is 0.0169. The minimum atomic E-state index is -5.01. The molecule has 0 radical (unpaired) electrons. The Balaban J connectivity index is 5.45. The lowest BCUT2D eigenvalue weighted by Crippen LogP contribution is -2.30. The van der Waals surface area contributed by atoms with Crippen LogP contribution in [0.15, 0.2) is 158 Å². The van der Waals surface area contributed by atoms with Crippen LogP contribution in [-0.4, -0.2) is 96.7 Å². The van der Waals surface area contributed by atoms with Crippen molar-refractivity contribution in [2.75, 3.05) is 39.6 Å². The molecule has 0 amide bonds. The molecule has 17 nitrogen and oxygen atoms in total. The number of hydrogen-bond donors (Lipinski definition) is 3. The molecule has 0 bridgehead atoms. The van der Waals surface area contributed by atoms with E-state index >= 15 is 0 Å². The molecule has 104 heavy (non-hydrogen) atoms. The first-order valence-electron chi connectivity index (χ1n) is 39.7. The smallest absolute Gasteiger partial charge is 0.462 e. The number of carbonyl (C=O) groups is 4. The van der Waals surface area contributed by atoms with Crippen LogP contribution in [0.2, 0.25) is 0 Å². The Labute approximate surface area is 629 Å². The number of ether oxygens (including phenoxy) is 4. The van der Waals surface area contributed by atoms with Gasteiger partial charge >= 0.3 is 39.5 Å². The van der Waals surface area contributed by atoms with E-state index in [2.05, 4.69) is 167 Å². The van der Waals surface area contributed by atoms with Crippen LogP contribution in [0.3, 0.4) is 0 Å². The van der Waals surface area contributed by atoms with Gasteiger partial charge < -0.3 is 33.8 Å². The molecule has 0 rings (SSSR count). The summed E-state index contributed by atoms with van der Waals surface area (Å²) >= 11 is 0. The summed E-state index contributed by atoms with van der Waals surface area (Å²) in [6.07, 6.45) is 88.1. The summed E-state index contributed by atoms with van der Waals surface area (Å²) in [6.45, 7) is 4.39. The number of aliphatic hydroxyl groups excluding tert-OH is 1. The highest BCUT2D eigenvalue weighted by atomic mass is 31.2. The molecule has 5 atom stereocenters. The van der Waals surface area contributed by atoms with E-state index < -0.39 is 97.5 Å². The number of carbonyl (C=O) groups excluding carboxylic acids is 4. The molecule has 5 unspecified atom stereocenters. The van der Waals surface area contributed by atoms with Gasteiger partial charge in [0.1, 0.15) is 19.3 Å². The summed E-state index contributed by atoms with van der Waals surface area (Å²) in [5.74, 6) is -2.33. The van der Waals surface area contributed by atoms with Gasteiger partial charge in [0.25, 0.3) is 0 Å². The van der Waals surface area contributed by atoms with Crippen molar-refractivity contribution >= 4 is 39.5 Å². The lowest BCUT2D eigenvalue weighted by Gasteiger charge is -2.21. The molecule has 0 saturated carbocycles. The van der Waals surface area contributed by atoms with E-state index in [1.165, 1.54) is 51.4 Å². The lowest BCUT2D eigenvalue weighted by atomic mass is 10.0. The Morgan fingerprint density at radius 3 is 0.846 bits per heavy atom. The van der Waals surface area contributed by atoms with E-state index in [1.54, 1.807) is 0 Å². The molecule has 0 aromatic rings. The van der Waals surface area contributed by atoms with Gasteiger partial charge in [0.05, 0.1) is 26.4 Å². The maximum absolute atomic E-state index is 13.1. The molecule has 0 spiro atoms. The lowest BCUT2D eigenvalue weighted by molar-refractivity contribution is -0.161. The van der Waals surface area contributed by atoms with Crippen molar-refractivity contribution in [2.24, 2.45) is 0 Å². The van der Waals surface area contributed by atoms with E-state index in [0.29, 0.717) is 38.5 Å². The van der Waals surface area contributed by atoms with Crippen LogP contribution in [0.5, 0.6) is 0 Å². The number of rotatable bonds is 73. The average molecular weight is 1500 g/mol. The molecule has 0 saturated heterocycles. The minimum Gasteiger partial charge on any atom is -0.462 e. The van der Waals surface area contributed by atoms with Gasteiger partial charge in [-0.15, -0.1) is 0 Å². The van der Waals surface area contributed by atoms with Crippen molar-refractivity contribution in [3.05, 3.63) is 158 Å². The van der Waals surface area contributed by atoms with Crippen LogP contribution in [0.1, 0.15) is 297 Å². The summed E-state index contributed by atoms with van der Waals surface area (Å²) in [4.78, 5) is 73.0. The molecule has 0 aliphatic carbocycles. The van der Waals surface area contributed by atoms with Gasteiger partial charge in [-0.1, -0.05) is 295 Å². The third kappa shape index (κ3) is 74.9. The summed E-state index contributed by atoms with van der Waals surface area (Å²) < 4.78 is 68.5. The van der Waals surface area contributed by atoms with Crippen LogP contribution < -0.4 is 0 Å². The van der Waals surface area contributed by atoms with E-state index in [4.69, 9.17) is 37.0 Å². The Hall–Kier alpha value is -5.32.